The molecule has 2 aliphatic heterocycles. The number of halogens is 1. The molecule has 11 heteroatoms. The molecule has 2 aliphatic rings. The van der Waals surface area contributed by atoms with Crippen LogP contribution in [-0.2, 0) is 29.1 Å². The maximum absolute atomic E-state index is 14.6. The molecule has 2 saturated heterocycles. The number of carbonyl (C=O) groups excluding carboxylic acids is 3. The molecular formula is C32H34FN5O5. The van der Waals surface area contributed by atoms with Crippen LogP contribution in [0.2, 0.25) is 0 Å². The number of hydrogen-bond donors (Lipinski definition) is 2. The molecule has 0 aromatic heterocycles. The van der Waals surface area contributed by atoms with Crippen LogP contribution in [0, 0.1) is 5.82 Å². The smallest absolute Gasteiger partial charge is 0.334 e. The first-order chi connectivity index (χ1) is 20.8. The van der Waals surface area contributed by atoms with E-state index in [0.29, 0.717) is 5.56 Å². The van der Waals surface area contributed by atoms with Gasteiger partial charge in [0, 0.05) is 26.1 Å². The van der Waals surface area contributed by atoms with Crippen molar-refractivity contribution in [3.8, 4) is 11.5 Å². The van der Waals surface area contributed by atoms with Gasteiger partial charge in [0.25, 0.3) is 0 Å². The number of rotatable bonds is 9. The van der Waals surface area contributed by atoms with Gasteiger partial charge in [-0.2, -0.15) is 0 Å². The summed E-state index contributed by atoms with van der Waals surface area (Å²) in [6.45, 7) is 4.25. The maximum atomic E-state index is 14.6. The number of methoxy groups -OCH3 is 1. The molecule has 10 nitrogen and oxygen atoms in total. The zero-order valence-corrected chi connectivity index (χ0v) is 23.9. The Morgan fingerprint density at radius 1 is 1.07 bits per heavy atom. The Kier molecular flexibility index (Phi) is 8.91. The van der Waals surface area contributed by atoms with Gasteiger partial charge in [0.05, 0.1) is 20.2 Å². The van der Waals surface area contributed by atoms with Crippen LogP contribution >= 0.6 is 0 Å². The second kappa shape index (κ2) is 13.0. The van der Waals surface area contributed by atoms with E-state index in [2.05, 4.69) is 11.9 Å². The summed E-state index contributed by atoms with van der Waals surface area (Å²) in [4.78, 5) is 44.5. The van der Waals surface area contributed by atoms with Crippen molar-refractivity contribution in [2.75, 3.05) is 26.7 Å². The van der Waals surface area contributed by atoms with Crippen LogP contribution in [-0.4, -0.2) is 81.7 Å². The van der Waals surface area contributed by atoms with Gasteiger partial charge in [-0.25, -0.2) is 19.2 Å². The molecule has 3 aromatic rings. The van der Waals surface area contributed by atoms with E-state index in [1.54, 1.807) is 34.2 Å². The lowest BCUT2D eigenvalue weighted by atomic mass is 9.98. The molecule has 0 saturated carbocycles. The highest BCUT2D eigenvalue weighted by molar-refractivity contribution is 5.91. The van der Waals surface area contributed by atoms with Crippen molar-refractivity contribution in [2.24, 2.45) is 0 Å². The quantitative estimate of drug-likeness (QED) is 0.373. The van der Waals surface area contributed by atoms with E-state index in [1.807, 2.05) is 30.3 Å². The average molecular weight is 588 g/mol. The molecule has 3 aromatic carbocycles. The van der Waals surface area contributed by atoms with E-state index in [0.717, 1.165) is 11.1 Å². The number of hydrazine groups is 1. The van der Waals surface area contributed by atoms with Gasteiger partial charge in [0.1, 0.15) is 18.0 Å². The Labute approximate surface area is 249 Å². The van der Waals surface area contributed by atoms with Crippen molar-refractivity contribution in [1.82, 2.24) is 25.1 Å². The summed E-state index contributed by atoms with van der Waals surface area (Å²) in [6.07, 6.45) is 0.940. The van der Waals surface area contributed by atoms with E-state index in [4.69, 9.17) is 4.74 Å². The number of benzene rings is 3. The zero-order chi connectivity index (χ0) is 30.5. The molecule has 4 amide bonds. The van der Waals surface area contributed by atoms with Gasteiger partial charge in [0.2, 0.25) is 11.8 Å². The summed E-state index contributed by atoms with van der Waals surface area (Å²) in [6, 6.07) is 19.0. The van der Waals surface area contributed by atoms with E-state index in [9.17, 15) is 23.9 Å². The van der Waals surface area contributed by atoms with E-state index in [-0.39, 0.29) is 62.5 Å². The van der Waals surface area contributed by atoms with Gasteiger partial charge in [-0.1, -0.05) is 54.6 Å². The number of phenolic OH excluding ortho intramolecular Hbond substituents is 1. The number of hydrogen-bond acceptors (Lipinski definition) is 6. The zero-order valence-electron chi connectivity index (χ0n) is 23.9. The van der Waals surface area contributed by atoms with E-state index >= 15 is 0 Å². The summed E-state index contributed by atoms with van der Waals surface area (Å²) in [7, 11) is 1.38. The fourth-order valence-corrected chi connectivity index (χ4v) is 5.58. The van der Waals surface area contributed by atoms with Crippen LogP contribution in [0.3, 0.4) is 0 Å². The normalized spacial score (nSPS) is 18.8. The maximum Gasteiger partial charge on any atom is 0.334 e. The molecule has 0 unspecified atom stereocenters. The number of ether oxygens (including phenoxy) is 1. The minimum Gasteiger partial charge on any atom is -0.508 e. The number of urea groups is 1. The van der Waals surface area contributed by atoms with Crippen molar-refractivity contribution in [3.05, 3.63) is 108 Å². The van der Waals surface area contributed by atoms with Crippen LogP contribution in [0.25, 0.3) is 0 Å². The first kappa shape index (κ1) is 29.6. The highest BCUT2D eigenvalue weighted by atomic mass is 19.1. The first-order valence-corrected chi connectivity index (χ1v) is 14.0. The van der Waals surface area contributed by atoms with Gasteiger partial charge in [0.15, 0.2) is 11.6 Å². The molecule has 0 radical (unpaired) electrons. The number of aromatic hydroxyl groups is 1. The van der Waals surface area contributed by atoms with Crippen molar-refractivity contribution in [2.45, 2.75) is 31.7 Å². The monoisotopic (exact) mass is 587 g/mol. The summed E-state index contributed by atoms with van der Waals surface area (Å²) in [5.74, 6) is -1.01. The number of nitrogens with zero attached hydrogens (tertiary/aromatic N) is 4. The average Bonchev–Trinajstić information content (AvgIpc) is 3.00. The van der Waals surface area contributed by atoms with Crippen LogP contribution in [0.5, 0.6) is 11.5 Å². The van der Waals surface area contributed by atoms with Crippen molar-refractivity contribution < 1.29 is 28.6 Å². The van der Waals surface area contributed by atoms with Crippen LogP contribution in [0.15, 0.2) is 85.5 Å². The molecular weight excluding hydrogens is 553 g/mol. The van der Waals surface area contributed by atoms with Crippen molar-refractivity contribution in [1.29, 1.82) is 0 Å². The van der Waals surface area contributed by atoms with Gasteiger partial charge >= 0.3 is 6.03 Å². The summed E-state index contributed by atoms with van der Waals surface area (Å²) < 4.78 is 19.6. The number of piperazine rings is 1. The lowest BCUT2D eigenvalue weighted by Gasteiger charge is -2.55. The van der Waals surface area contributed by atoms with Crippen LogP contribution < -0.4 is 10.1 Å². The number of phenols is 1. The predicted molar refractivity (Wildman–Crippen MR) is 157 cm³/mol. The Hall–Kier alpha value is -4.90. The Morgan fingerprint density at radius 3 is 2.47 bits per heavy atom. The Bertz CT molecular complexity index is 1490. The van der Waals surface area contributed by atoms with Crippen LogP contribution in [0.1, 0.15) is 16.7 Å². The minimum atomic E-state index is -0.936. The number of amides is 4. The van der Waals surface area contributed by atoms with Gasteiger partial charge < -0.3 is 25.0 Å². The van der Waals surface area contributed by atoms with Crippen molar-refractivity contribution >= 4 is 17.8 Å². The van der Waals surface area contributed by atoms with Gasteiger partial charge in [-0.3, -0.25) is 9.59 Å². The molecule has 224 valence electrons. The Balaban J connectivity index is 1.49. The second-order valence-corrected chi connectivity index (χ2v) is 10.5. The number of nitrogens with one attached hydrogen (secondary N) is 1. The fourth-order valence-electron chi connectivity index (χ4n) is 5.58. The minimum absolute atomic E-state index is 0.0106. The molecule has 2 heterocycles. The highest BCUT2D eigenvalue weighted by Gasteiger charge is 2.51. The lowest BCUT2D eigenvalue weighted by molar-refractivity contribution is -0.189. The van der Waals surface area contributed by atoms with Crippen molar-refractivity contribution in [3.63, 3.8) is 0 Å². The van der Waals surface area contributed by atoms with E-state index < -0.39 is 24.1 Å². The summed E-state index contributed by atoms with van der Waals surface area (Å²) >= 11 is 0. The third-order valence-electron chi connectivity index (χ3n) is 7.62. The largest absolute Gasteiger partial charge is 0.508 e. The molecule has 2 N–H and O–H groups in total. The lowest BCUT2D eigenvalue weighted by Crippen LogP contribution is -2.76. The molecule has 43 heavy (non-hydrogen) atoms. The third kappa shape index (κ3) is 6.46. The van der Waals surface area contributed by atoms with Crippen LogP contribution in [0.4, 0.5) is 9.18 Å². The number of fused-ring (bicyclic) bond motifs is 1. The molecule has 0 bridgehead atoms. The topological polar surface area (TPSA) is 106 Å². The molecule has 0 spiro atoms. The number of carbonyl (C=O) groups is 3. The van der Waals surface area contributed by atoms with E-state index in [1.165, 1.54) is 41.3 Å². The van der Waals surface area contributed by atoms with Gasteiger partial charge in [-0.15, -0.1) is 6.58 Å². The standard InChI is InChI=1S/C32H34FN5O5/c1-3-15-36-21-30(40)37-27(17-22-9-12-25(39)13-10-22)31(41)35(19-24-11-14-28(43-2)26(33)16-24)20-29(37)38(36)32(42)34-18-23-7-5-4-6-8-23/h3-14,16,27,29,39H,1,15,17-21H2,2H3,(H,34,42)/t27-,29-/m0/s1. The second-order valence-electron chi connectivity index (χ2n) is 10.5. The highest BCUT2D eigenvalue weighted by Crippen LogP contribution is 2.30. The SMILES string of the molecule is C=CCN1CC(=O)N2[C@@H](Cc3ccc(O)cc3)C(=O)N(Cc3ccc(OC)c(F)c3)C[C@@H]2N1C(=O)NCc1ccccc1. The molecule has 2 fully saturated rings. The molecule has 0 aliphatic carbocycles. The third-order valence-corrected chi connectivity index (χ3v) is 7.62. The Morgan fingerprint density at radius 2 is 1.79 bits per heavy atom. The fraction of sp³-hybridized carbons (Fsp3) is 0.281. The summed E-state index contributed by atoms with van der Waals surface area (Å²) in [5, 5.41) is 15.8. The summed E-state index contributed by atoms with van der Waals surface area (Å²) in [5.41, 5.74) is 2.17. The molecule has 5 rings (SSSR count). The predicted octanol–water partition coefficient (Wildman–Crippen LogP) is 3.28. The molecule has 2 atom stereocenters. The first-order valence-electron chi connectivity index (χ1n) is 14.0. The van der Waals surface area contributed by atoms with Gasteiger partial charge in [-0.05, 0) is 41.0 Å².